The van der Waals surface area contributed by atoms with E-state index in [-0.39, 0.29) is 0 Å². The molecule has 0 spiro atoms. The van der Waals surface area contributed by atoms with Gasteiger partial charge < -0.3 is 10.1 Å². The van der Waals surface area contributed by atoms with Crippen LogP contribution in [-0.4, -0.2) is 23.4 Å². The molecule has 1 aliphatic carbocycles. The van der Waals surface area contributed by atoms with Crippen molar-refractivity contribution in [1.82, 2.24) is 15.1 Å². The minimum Gasteiger partial charge on any atom is -0.493 e. The number of aryl methyl sites for hydroxylation is 1. The summed E-state index contributed by atoms with van der Waals surface area (Å²) in [6, 6.07) is 0.395. The molecular formula is C13H23N3O. The molecule has 0 aromatic carbocycles. The van der Waals surface area contributed by atoms with Crippen LogP contribution < -0.4 is 10.1 Å². The van der Waals surface area contributed by atoms with Crippen molar-refractivity contribution in [3.8, 4) is 5.75 Å². The number of ether oxygens (including phenoxy) is 1. The average molecular weight is 237 g/mol. The van der Waals surface area contributed by atoms with Crippen LogP contribution in [0.15, 0.2) is 6.20 Å². The Morgan fingerprint density at radius 1 is 1.59 bits per heavy atom. The van der Waals surface area contributed by atoms with Crippen molar-refractivity contribution in [2.24, 2.45) is 13.0 Å². The van der Waals surface area contributed by atoms with E-state index in [9.17, 15) is 0 Å². The second-order valence-corrected chi connectivity index (χ2v) is 4.84. The van der Waals surface area contributed by atoms with Crippen LogP contribution in [0.25, 0.3) is 0 Å². The number of hydrogen-bond acceptors (Lipinski definition) is 3. The number of aromatic nitrogens is 2. The molecule has 4 heteroatoms. The summed E-state index contributed by atoms with van der Waals surface area (Å²) in [5.74, 6) is 1.65. The van der Waals surface area contributed by atoms with Crippen molar-refractivity contribution < 1.29 is 4.74 Å². The van der Waals surface area contributed by atoms with Crippen molar-refractivity contribution in [2.45, 2.75) is 38.6 Å². The molecule has 1 N–H and O–H groups in total. The highest BCUT2D eigenvalue weighted by atomic mass is 16.5. The minimum absolute atomic E-state index is 0.395. The highest BCUT2D eigenvalue weighted by Crippen LogP contribution is 2.40. The first kappa shape index (κ1) is 12.4. The van der Waals surface area contributed by atoms with Crippen molar-refractivity contribution in [1.29, 1.82) is 0 Å². The monoisotopic (exact) mass is 237 g/mol. The zero-order valence-corrected chi connectivity index (χ0v) is 11.1. The smallest absolute Gasteiger partial charge is 0.161 e. The van der Waals surface area contributed by atoms with Crippen molar-refractivity contribution in [3.05, 3.63) is 11.9 Å². The molecule has 1 unspecified atom stereocenters. The van der Waals surface area contributed by atoms with E-state index in [4.69, 9.17) is 4.74 Å². The van der Waals surface area contributed by atoms with Gasteiger partial charge in [0.05, 0.1) is 25.0 Å². The number of nitrogens with zero attached hydrogens (tertiary/aromatic N) is 2. The first-order valence-electron chi connectivity index (χ1n) is 6.57. The van der Waals surface area contributed by atoms with Crippen LogP contribution >= 0.6 is 0 Å². The van der Waals surface area contributed by atoms with Gasteiger partial charge in [0, 0.05) is 7.05 Å². The van der Waals surface area contributed by atoms with Crippen LogP contribution in [0.3, 0.4) is 0 Å². The summed E-state index contributed by atoms with van der Waals surface area (Å²) in [6.45, 7) is 3.25. The molecule has 0 bridgehead atoms. The first-order chi connectivity index (χ1) is 8.27. The number of rotatable bonds is 6. The van der Waals surface area contributed by atoms with Gasteiger partial charge in [0.15, 0.2) is 5.75 Å². The Morgan fingerprint density at radius 3 is 2.88 bits per heavy atom. The van der Waals surface area contributed by atoms with Crippen molar-refractivity contribution in [3.63, 3.8) is 0 Å². The van der Waals surface area contributed by atoms with Gasteiger partial charge in [-0.05, 0) is 31.7 Å². The molecule has 1 aliphatic rings. The van der Waals surface area contributed by atoms with Crippen LogP contribution in [0.2, 0.25) is 0 Å². The zero-order chi connectivity index (χ0) is 12.3. The molecule has 2 rings (SSSR count). The lowest BCUT2D eigenvalue weighted by Crippen LogP contribution is -2.34. The molecular weight excluding hydrogens is 214 g/mol. The van der Waals surface area contributed by atoms with Gasteiger partial charge >= 0.3 is 0 Å². The van der Waals surface area contributed by atoms with Crippen LogP contribution in [0.5, 0.6) is 5.75 Å². The van der Waals surface area contributed by atoms with E-state index in [0.717, 1.165) is 24.6 Å². The largest absolute Gasteiger partial charge is 0.493 e. The molecule has 1 aromatic heterocycles. The van der Waals surface area contributed by atoms with Gasteiger partial charge in [0.2, 0.25) is 0 Å². The SMILES string of the molecule is CCCNC(c1c(OC)cnn1C)C1CCC1. The van der Waals surface area contributed by atoms with Crippen molar-refractivity contribution >= 4 is 0 Å². The molecule has 1 fully saturated rings. The Hall–Kier alpha value is -1.03. The molecule has 4 nitrogen and oxygen atoms in total. The number of methoxy groups -OCH3 is 1. The predicted molar refractivity (Wildman–Crippen MR) is 68.1 cm³/mol. The second kappa shape index (κ2) is 5.54. The minimum atomic E-state index is 0.395. The molecule has 17 heavy (non-hydrogen) atoms. The Morgan fingerprint density at radius 2 is 2.35 bits per heavy atom. The van der Waals surface area contributed by atoms with E-state index in [1.807, 2.05) is 17.9 Å². The Labute approximate surface area is 103 Å². The van der Waals surface area contributed by atoms with Gasteiger partial charge in [0.25, 0.3) is 0 Å². The maximum Gasteiger partial charge on any atom is 0.161 e. The summed E-state index contributed by atoms with van der Waals surface area (Å²) in [5.41, 5.74) is 1.20. The summed E-state index contributed by atoms with van der Waals surface area (Å²) in [5, 5.41) is 7.96. The summed E-state index contributed by atoms with van der Waals surface area (Å²) in [7, 11) is 3.72. The molecule has 1 aromatic rings. The highest BCUT2D eigenvalue weighted by molar-refractivity contribution is 5.29. The van der Waals surface area contributed by atoms with E-state index < -0.39 is 0 Å². The van der Waals surface area contributed by atoms with Crippen LogP contribution in [0.4, 0.5) is 0 Å². The van der Waals surface area contributed by atoms with Crippen LogP contribution in [0, 0.1) is 5.92 Å². The third kappa shape index (κ3) is 2.46. The van der Waals surface area contributed by atoms with Gasteiger partial charge in [-0.25, -0.2) is 0 Å². The van der Waals surface area contributed by atoms with E-state index >= 15 is 0 Å². The van der Waals surface area contributed by atoms with Gasteiger partial charge in [-0.2, -0.15) is 5.10 Å². The third-order valence-electron chi connectivity index (χ3n) is 3.70. The molecule has 1 saturated carbocycles. The maximum absolute atomic E-state index is 5.42. The fourth-order valence-corrected chi connectivity index (χ4v) is 2.50. The summed E-state index contributed by atoms with van der Waals surface area (Å²) >= 11 is 0. The summed E-state index contributed by atoms with van der Waals surface area (Å²) < 4.78 is 7.37. The van der Waals surface area contributed by atoms with E-state index in [1.165, 1.54) is 25.0 Å². The summed E-state index contributed by atoms with van der Waals surface area (Å²) in [4.78, 5) is 0. The van der Waals surface area contributed by atoms with Crippen molar-refractivity contribution in [2.75, 3.05) is 13.7 Å². The highest BCUT2D eigenvalue weighted by Gasteiger charge is 2.32. The molecule has 96 valence electrons. The lowest BCUT2D eigenvalue weighted by atomic mass is 9.78. The maximum atomic E-state index is 5.42. The van der Waals surface area contributed by atoms with Crippen LogP contribution in [0.1, 0.15) is 44.3 Å². The van der Waals surface area contributed by atoms with Gasteiger partial charge in [-0.3, -0.25) is 4.68 Å². The van der Waals surface area contributed by atoms with Gasteiger partial charge in [0.1, 0.15) is 0 Å². The topological polar surface area (TPSA) is 39.1 Å². The Bertz CT molecular complexity index is 358. The Balaban J connectivity index is 2.20. The average Bonchev–Trinajstić information content (AvgIpc) is 2.63. The summed E-state index contributed by atoms with van der Waals surface area (Å²) in [6.07, 6.45) is 6.96. The zero-order valence-electron chi connectivity index (χ0n) is 11.1. The fraction of sp³-hybridized carbons (Fsp3) is 0.769. The normalized spacial score (nSPS) is 17.8. The quantitative estimate of drug-likeness (QED) is 0.825. The van der Waals surface area contributed by atoms with Crippen LogP contribution in [-0.2, 0) is 7.05 Å². The number of hydrogen-bond donors (Lipinski definition) is 1. The molecule has 0 aliphatic heterocycles. The van der Waals surface area contributed by atoms with Gasteiger partial charge in [-0.1, -0.05) is 13.3 Å². The predicted octanol–water partition coefficient (Wildman–Crippen LogP) is 2.27. The molecule has 1 atom stereocenters. The lowest BCUT2D eigenvalue weighted by Gasteiger charge is -2.34. The fourth-order valence-electron chi connectivity index (χ4n) is 2.50. The van der Waals surface area contributed by atoms with E-state index in [0.29, 0.717) is 6.04 Å². The standard InChI is InChI=1S/C13H23N3O/c1-4-8-14-12(10-6-5-7-10)13-11(17-3)9-15-16(13)2/h9-10,12,14H,4-8H2,1-3H3. The molecule has 0 radical (unpaired) electrons. The molecule has 1 heterocycles. The second-order valence-electron chi connectivity index (χ2n) is 4.84. The first-order valence-corrected chi connectivity index (χ1v) is 6.57. The molecule has 0 amide bonds. The third-order valence-corrected chi connectivity index (χ3v) is 3.70. The Kier molecular flexibility index (Phi) is 4.05. The van der Waals surface area contributed by atoms with E-state index in [2.05, 4.69) is 17.3 Å². The van der Waals surface area contributed by atoms with Gasteiger partial charge in [-0.15, -0.1) is 0 Å². The van der Waals surface area contributed by atoms with E-state index in [1.54, 1.807) is 7.11 Å². The lowest BCUT2D eigenvalue weighted by molar-refractivity contribution is 0.219. The number of nitrogens with one attached hydrogen (secondary N) is 1. The molecule has 0 saturated heterocycles.